The molecular formula is C14H12BrClO3S2. The summed E-state index contributed by atoms with van der Waals surface area (Å²) in [6.07, 6.45) is 0. The van der Waals surface area contributed by atoms with Crippen LogP contribution in [0.25, 0.3) is 0 Å². The van der Waals surface area contributed by atoms with Gasteiger partial charge >= 0.3 is 0 Å². The maximum absolute atomic E-state index is 11.2. The van der Waals surface area contributed by atoms with Gasteiger partial charge in [0.2, 0.25) is 0 Å². The normalized spacial score (nSPS) is 11.3. The lowest BCUT2D eigenvalue weighted by molar-refractivity contribution is 0.341. The maximum Gasteiger partial charge on any atom is 0.261 e. The smallest absolute Gasteiger partial charge is 0.261 e. The van der Waals surface area contributed by atoms with E-state index >= 15 is 0 Å². The van der Waals surface area contributed by atoms with Crippen molar-refractivity contribution in [2.24, 2.45) is 0 Å². The predicted molar refractivity (Wildman–Crippen MR) is 89.8 cm³/mol. The van der Waals surface area contributed by atoms with Gasteiger partial charge in [0.05, 0.1) is 16.0 Å². The molecule has 0 atom stereocenters. The van der Waals surface area contributed by atoms with Gasteiger partial charge in [-0.15, -0.1) is 11.8 Å². The summed E-state index contributed by atoms with van der Waals surface area (Å²) < 4.78 is 28.6. The average molecular weight is 408 g/mol. The molecule has 0 heterocycles. The maximum atomic E-state index is 11.2. The highest BCUT2D eigenvalue weighted by Gasteiger charge is 2.12. The number of ether oxygens (including phenoxy) is 1. The fourth-order valence-corrected chi connectivity index (χ4v) is 3.75. The van der Waals surface area contributed by atoms with Gasteiger partial charge < -0.3 is 4.74 Å². The summed E-state index contributed by atoms with van der Waals surface area (Å²) in [6.45, 7) is 0.519. The summed E-state index contributed by atoms with van der Waals surface area (Å²) in [5.74, 6) is 1.39. The molecule has 2 rings (SSSR count). The van der Waals surface area contributed by atoms with Crippen molar-refractivity contribution in [1.29, 1.82) is 0 Å². The first-order chi connectivity index (χ1) is 9.97. The van der Waals surface area contributed by atoms with Crippen molar-refractivity contribution in [2.75, 3.05) is 12.4 Å². The van der Waals surface area contributed by atoms with Crippen LogP contribution in [0.2, 0.25) is 0 Å². The minimum Gasteiger partial charge on any atom is -0.492 e. The van der Waals surface area contributed by atoms with Gasteiger partial charge in [-0.2, -0.15) is 0 Å². The molecule has 2 aromatic carbocycles. The molecule has 112 valence electrons. The van der Waals surface area contributed by atoms with Crippen molar-refractivity contribution in [3.8, 4) is 5.75 Å². The second kappa shape index (κ2) is 7.54. The summed E-state index contributed by atoms with van der Waals surface area (Å²) in [7, 11) is 1.56. The molecule has 0 spiro atoms. The van der Waals surface area contributed by atoms with Crippen molar-refractivity contribution in [2.45, 2.75) is 9.79 Å². The van der Waals surface area contributed by atoms with Crippen LogP contribution >= 0.6 is 38.4 Å². The van der Waals surface area contributed by atoms with Crippen LogP contribution in [-0.2, 0) is 9.05 Å². The third-order valence-corrected chi connectivity index (χ3v) is 5.49. The molecule has 21 heavy (non-hydrogen) atoms. The second-order valence-corrected chi connectivity index (χ2v) is 8.63. The molecule has 0 saturated heterocycles. The van der Waals surface area contributed by atoms with Crippen LogP contribution in [0, 0.1) is 0 Å². The molecule has 7 heteroatoms. The van der Waals surface area contributed by atoms with E-state index in [-0.39, 0.29) is 4.90 Å². The Labute approximate surface area is 141 Å². The third kappa shape index (κ3) is 5.21. The Morgan fingerprint density at radius 2 is 1.86 bits per heavy atom. The number of benzene rings is 2. The molecule has 2 aromatic rings. The van der Waals surface area contributed by atoms with Gasteiger partial charge in [-0.3, -0.25) is 0 Å². The molecule has 0 N–H and O–H groups in total. The van der Waals surface area contributed by atoms with Gasteiger partial charge in [0.15, 0.2) is 0 Å². The van der Waals surface area contributed by atoms with Crippen molar-refractivity contribution in [3.63, 3.8) is 0 Å². The molecular weight excluding hydrogens is 396 g/mol. The molecule has 0 unspecified atom stereocenters. The van der Waals surface area contributed by atoms with Gasteiger partial charge in [-0.25, -0.2) is 8.42 Å². The Bertz CT molecular complexity index is 705. The molecule has 0 radical (unpaired) electrons. The quantitative estimate of drug-likeness (QED) is 0.400. The van der Waals surface area contributed by atoms with Crippen LogP contribution in [0.5, 0.6) is 5.75 Å². The van der Waals surface area contributed by atoms with Crippen LogP contribution in [-0.4, -0.2) is 20.8 Å². The van der Waals surface area contributed by atoms with Crippen LogP contribution in [0.4, 0.5) is 0 Å². The van der Waals surface area contributed by atoms with Gasteiger partial charge in [-0.1, -0.05) is 18.2 Å². The van der Waals surface area contributed by atoms with Gasteiger partial charge in [-0.05, 0) is 46.3 Å². The molecule has 0 bridgehead atoms. The Morgan fingerprint density at radius 1 is 1.14 bits per heavy atom. The molecule has 0 amide bonds. The van der Waals surface area contributed by atoms with E-state index in [1.807, 2.05) is 30.3 Å². The lowest BCUT2D eigenvalue weighted by Gasteiger charge is -2.09. The summed E-state index contributed by atoms with van der Waals surface area (Å²) in [5.41, 5.74) is 0. The van der Waals surface area contributed by atoms with Crippen molar-refractivity contribution < 1.29 is 13.2 Å². The minimum atomic E-state index is -3.72. The SMILES string of the molecule is O=S(=O)(Cl)c1ccc(OCCSc2ccccc2)c(Br)c1. The standard InChI is InChI=1S/C14H12BrClO3S2/c15-13-10-12(21(16,17)18)6-7-14(13)19-8-9-20-11-4-2-1-3-5-11/h1-7,10H,8-9H2. The molecule has 3 nitrogen and oxygen atoms in total. The fraction of sp³-hybridized carbons (Fsp3) is 0.143. The van der Waals surface area contributed by atoms with Crippen molar-refractivity contribution >= 4 is 47.4 Å². The van der Waals surface area contributed by atoms with E-state index in [0.29, 0.717) is 16.8 Å². The second-order valence-electron chi connectivity index (χ2n) is 4.04. The van der Waals surface area contributed by atoms with E-state index in [4.69, 9.17) is 15.4 Å². The number of thioether (sulfide) groups is 1. The Hall–Kier alpha value is -0.690. The molecule has 0 saturated carbocycles. The van der Waals surface area contributed by atoms with Crippen molar-refractivity contribution in [3.05, 3.63) is 53.0 Å². The lowest BCUT2D eigenvalue weighted by Crippen LogP contribution is -2.01. The van der Waals surface area contributed by atoms with E-state index in [1.54, 1.807) is 17.8 Å². The third-order valence-electron chi connectivity index (χ3n) is 2.54. The predicted octanol–water partition coefficient (Wildman–Crippen LogP) is 4.55. The van der Waals surface area contributed by atoms with Crippen LogP contribution in [0.15, 0.2) is 62.8 Å². The zero-order chi connectivity index (χ0) is 15.3. The first-order valence-corrected chi connectivity index (χ1v) is 10.1. The molecule has 0 aromatic heterocycles. The Balaban J connectivity index is 1.89. The number of hydrogen-bond acceptors (Lipinski definition) is 4. The van der Waals surface area contributed by atoms with Gasteiger partial charge in [0.1, 0.15) is 5.75 Å². The lowest BCUT2D eigenvalue weighted by atomic mass is 10.3. The first kappa shape index (κ1) is 16.7. The Kier molecular flexibility index (Phi) is 5.98. The Morgan fingerprint density at radius 3 is 2.48 bits per heavy atom. The zero-order valence-electron chi connectivity index (χ0n) is 10.8. The van der Waals surface area contributed by atoms with E-state index in [0.717, 1.165) is 5.75 Å². The highest BCUT2D eigenvalue weighted by atomic mass is 79.9. The van der Waals surface area contributed by atoms with E-state index in [9.17, 15) is 8.42 Å². The summed E-state index contributed by atoms with van der Waals surface area (Å²) in [5, 5.41) is 0. The van der Waals surface area contributed by atoms with E-state index in [1.165, 1.54) is 17.0 Å². The summed E-state index contributed by atoms with van der Waals surface area (Å²) >= 11 is 4.98. The number of rotatable bonds is 6. The zero-order valence-corrected chi connectivity index (χ0v) is 14.8. The van der Waals surface area contributed by atoms with E-state index in [2.05, 4.69) is 15.9 Å². The average Bonchev–Trinajstić information content (AvgIpc) is 2.45. The first-order valence-electron chi connectivity index (χ1n) is 6.02. The monoisotopic (exact) mass is 406 g/mol. The van der Waals surface area contributed by atoms with Gasteiger partial charge in [0.25, 0.3) is 9.05 Å². The fourth-order valence-electron chi connectivity index (χ4n) is 1.58. The van der Waals surface area contributed by atoms with Crippen LogP contribution < -0.4 is 4.74 Å². The van der Waals surface area contributed by atoms with E-state index < -0.39 is 9.05 Å². The molecule has 0 aliphatic heterocycles. The topological polar surface area (TPSA) is 43.4 Å². The summed E-state index contributed by atoms with van der Waals surface area (Å²) in [4.78, 5) is 1.23. The number of hydrogen-bond donors (Lipinski definition) is 0. The van der Waals surface area contributed by atoms with Crippen LogP contribution in [0.1, 0.15) is 0 Å². The van der Waals surface area contributed by atoms with Gasteiger partial charge in [0, 0.05) is 21.3 Å². The van der Waals surface area contributed by atoms with Crippen molar-refractivity contribution in [1.82, 2.24) is 0 Å². The van der Waals surface area contributed by atoms with Crippen LogP contribution in [0.3, 0.4) is 0 Å². The summed E-state index contributed by atoms with van der Waals surface area (Å²) in [6, 6.07) is 14.5. The molecule has 0 aliphatic rings. The number of halogens is 2. The minimum absolute atomic E-state index is 0.0436. The molecule has 0 aliphatic carbocycles. The molecule has 0 fully saturated rings. The highest BCUT2D eigenvalue weighted by Crippen LogP contribution is 2.29. The highest BCUT2D eigenvalue weighted by molar-refractivity contribution is 9.10. The largest absolute Gasteiger partial charge is 0.492 e.